The van der Waals surface area contributed by atoms with Gasteiger partial charge < -0.3 is 4.90 Å². The van der Waals surface area contributed by atoms with Crippen LogP contribution >= 0.6 is 0 Å². The van der Waals surface area contributed by atoms with Gasteiger partial charge in [0, 0.05) is 13.1 Å². The van der Waals surface area contributed by atoms with Crippen molar-refractivity contribution < 1.29 is 13.2 Å². The number of benzene rings is 1. The van der Waals surface area contributed by atoms with Gasteiger partial charge in [-0.15, -0.1) is 0 Å². The number of nitrogens with zero attached hydrogens (tertiary/aromatic N) is 3. The molecule has 0 spiro atoms. The fourth-order valence-corrected chi connectivity index (χ4v) is 4.06. The largest absolute Gasteiger partial charge is 0.341 e. The summed E-state index contributed by atoms with van der Waals surface area (Å²) < 4.78 is 25.4. The van der Waals surface area contributed by atoms with E-state index in [2.05, 4.69) is 13.8 Å². The van der Waals surface area contributed by atoms with E-state index in [9.17, 15) is 13.2 Å². The number of hydrogen-bond donors (Lipinski definition) is 0. The van der Waals surface area contributed by atoms with E-state index in [1.54, 1.807) is 23.1 Å². The predicted octanol–water partition coefficient (Wildman–Crippen LogP) is 1.83. The molecular formula is C17H23N3O3S. The molecule has 2 rings (SSSR count). The summed E-state index contributed by atoms with van der Waals surface area (Å²) in [5.41, 5.74) is 0.692. The number of carbonyl (C=O) groups is 1. The fourth-order valence-electron chi connectivity index (χ4n) is 3.22. The maximum Gasteiger partial charge on any atom is 0.243 e. The van der Waals surface area contributed by atoms with E-state index in [1.807, 2.05) is 6.07 Å². The Morgan fingerprint density at radius 1 is 1.33 bits per heavy atom. The summed E-state index contributed by atoms with van der Waals surface area (Å²) in [5, 5.41) is 9.00. The third-order valence-corrected chi connectivity index (χ3v) is 5.30. The molecule has 1 aromatic carbocycles. The molecule has 0 aromatic heterocycles. The lowest BCUT2D eigenvalue weighted by atomic mass is 9.92. The summed E-state index contributed by atoms with van der Waals surface area (Å²) in [4.78, 5) is 14.4. The predicted molar refractivity (Wildman–Crippen MR) is 92.9 cm³/mol. The van der Waals surface area contributed by atoms with Crippen molar-refractivity contribution in [2.45, 2.75) is 20.3 Å². The molecule has 0 bridgehead atoms. The number of piperidine rings is 1. The van der Waals surface area contributed by atoms with Gasteiger partial charge in [0.2, 0.25) is 15.9 Å². The summed E-state index contributed by atoms with van der Waals surface area (Å²) in [7, 11) is -3.63. The van der Waals surface area contributed by atoms with Gasteiger partial charge in [0.1, 0.15) is 6.54 Å². The van der Waals surface area contributed by atoms with Crippen molar-refractivity contribution in [2.75, 3.05) is 30.2 Å². The summed E-state index contributed by atoms with van der Waals surface area (Å²) >= 11 is 0. The highest BCUT2D eigenvalue weighted by atomic mass is 32.2. The van der Waals surface area contributed by atoms with Gasteiger partial charge in [-0.25, -0.2) is 8.42 Å². The van der Waals surface area contributed by atoms with Crippen LogP contribution in [0, 0.1) is 23.2 Å². The van der Waals surface area contributed by atoms with Crippen molar-refractivity contribution >= 4 is 21.6 Å². The topological polar surface area (TPSA) is 81.5 Å². The van der Waals surface area contributed by atoms with E-state index in [-0.39, 0.29) is 12.5 Å². The maximum absolute atomic E-state index is 12.6. The molecule has 1 aliphatic heterocycles. The molecule has 0 radical (unpaired) electrons. The Labute approximate surface area is 143 Å². The monoisotopic (exact) mass is 349 g/mol. The lowest BCUT2D eigenvalue weighted by molar-refractivity contribution is -0.132. The van der Waals surface area contributed by atoms with Crippen molar-refractivity contribution in [3.05, 3.63) is 29.8 Å². The lowest BCUT2D eigenvalue weighted by Crippen LogP contribution is -2.48. The lowest BCUT2D eigenvalue weighted by Gasteiger charge is -2.36. The summed E-state index contributed by atoms with van der Waals surface area (Å²) in [6.45, 7) is 5.26. The Kier molecular flexibility index (Phi) is 5.50. The third-order valence-electron chi connectivity index (χ3n) is 4.16. The van der Waals surface area contributed by atoms with Crippen molar-refractivity contribution in [1.82, 2.24) is 4.90 Å². The number of amides is 1. The molecular weight excluding hydrogens is 326 g/mol. The van der Waals surface area contributed by atoms with Gasteiger partial charge >= 0.3 is 0 Å². The normalized spacial score (nSPS) is 21.2. The zero-order chi connectivity index (χ0) is 17.9. The second kappa shape index (κ2) is 7.22. The molecule has 0 aliphatic carbocycles. The molecule has 6 nitrogen and oxygen atoms in total. The maximum atomic E-state index is 12.6. The summed E-state index contributed by atoms with van der Waals surface area (Å²) in [6.07, 6.45) is 2.14. The molecule has 1 saturated heterocycles. The number of anilines is 1. The van der Waals surface area contributed by atoms with Crippen LogP contribution in [0.15, 0.2) is 24.3 Å². The van der Waals surface area contributed by atoms with Crippen molar-refractivity contribution in [3.63, 3.8) is 0 Å². The van der Waals surface area contributed by atoms with E-state index in [4.69, 9.17) is 5.26 Å². The van der Waals surface area contributed by atoms with Crippen LogP contribution in [0.25, 0.3) is 0 Å². The first-order valence-corrected chi connectivity index (χ1v) is 9.81. The number of likely N-dealkylation sites (tertiary alicyclic amines) is 1. The molecule has 24 heavy (non-hydrogen) atoms. The third kappa shape index (κ3) is 4.48. The van der Waals surface area contributed by atoms with Crippen molar-refractivity contribution in [2.24, 2.45) is 11.8 Å². The van der Waals surface area contributed by atoms with E-state index in [0.29, 0.717) is 36.2 Å². The van der Waals surface area contributed by atoms with Gasteiger partial charge in [-0.3, -0.25) is 9.10 Å². The molecule has 0 N–H and O–H groups in total. The standard InChI is InChI=1S/C17H23N3O3S/c1-13-7-14(2)11-19(10-13)17(21)12-20(24(3,22)23)16-6-4-5-15(8-16)9-18/h4-6,8,13-14H,7,10-12H2,1-3H3. The van der Waals surface area contributed by atoms with E-state index >= 15 is 0 Å². The Hall–Kier alpha value is -2.07. The smallest absolute Gasteiger partial charge is 0.243 e. The average molecular weight is 349 g/mol. The van der Waals surface area contributed by atoms with Crippen LogP contribution in [0.5, 0.6) is 0 Å². The van der Waals surface area contributed by atoms with Crippen LogP contribution in [0.2, 0.25) is 0 Å². The summed E-state index contributed by atoms with van der Waals surface area (Å²) in [5.74, 6) is 0.610. The minimum absolute atomic E-state index is 0.207. The molecule has 1 aliphatic rings. The number of carbonyl (C=O) groups excluding carboxylic acids is 1. The quantitative estimate of drug-likeness (QED) is 0.830. The van der Waals surface area contributed by atoms with Gasteiger partial charge in [0.05, 0.1) is 23.6 Å². The van der Waals surface area contributed by atoms with Gasteiger partial charge in [-0.05, 0) is 36.5 Å². The highest BCUT2D eigenvalue weighted by Crippen LogP contribution is 2.23. The molecule has 2 unspecified atom stereocenters. The van der Waals surface area contributed by atoms with Crippen molar-refractivity contribution in [1.29, 1.82) is 5.26 Å². The number of sulfonamides is 1. The Balaban J connectivity index is 2.24. The highest BCUT2D eigenvalue weighted by molar-refractivity contribution is 7.92. The van der Waals surface area contributed by atoms with Crippen LogP contribution in [-0.2, 0) is 14.8 Å². The SMILES string of the molecule is CC1CC(C)CN(C(=O)CN(c2cccc(C#N)c2)S(C)(=O)=O)C1. The fraction of sp³-hybridized carbons (Fsp3) is 0.529. The van der Waals surface area contributed by atoms with Gasteiger partial charge in [0.25, 0.3) is 0 Å². The molecule has 1 aromatic rings. The van der Waals surface area contributed by atoms with Crippen LogP contribution in [0.1, 0.15) is 25.8 Å². The van der Waals surface area contributed by atoms with E-state index < -0.39 is 10.0 Å². The summed E-state index contributed by atoms with van der Waals surface area (Å²) in [6, 6.07) is 8.27. The minimum atomic E-state index is -3.63. The molecule has 1 fully saturated rings. The Morgan fingerprint density at radius 3 is 2.50 bits per heavy atom. The first-order chi connectivity index (χ1) is 11.2. The molecule has 1 heterocycles. The molecule has 0 saturated carbocycles. The van der Waals surface area contributed by atoms with E-state index in [0.717, 1.165) is 17.0 Å². The van der Waals surface area contributed by atoms with Crippen LogP contribution < -0.4 is 4.31 Å². The van der Waals surface area contributed by atoms with Crippen LogP contribution in [-0.4, -0.2) is 45.1 Å². The molecule has 1 amide bonds. The highest BCUT2D eigenvalue weighted by Gasteiger charge is 2.29. The Bertz CT molecular complexity index is 745. The number of nitriles is 1. The second-order valence-electron chi connectivity index (χ2n) is 6.68. The molecule has 7 heteroatoms. The number of hydrogen-bond acceptors (Lipinski definition) is 4. The van der Waals surface area contributed by atoms with Gasteiger partial charge in [0.15, 0.2) is 0 Å². The van der Waals surface area contributed by atoms with Gasteiger partial charge in [-0.1, -0.05) is 19.9 Å². The zero-order valence-electron chi connectivity index (χ0n) is 14.3. The van der Waals surface area contributed by atoms with Gasteiger partial charge in [-0.2, -0.15) is 5.26 Å². The Morgan fingerprint density at radius 2 is 1.96 bits per heavy atom. The zero-order valence-corrected chi connectivity index (χ0v) is 15.1. The molecule has 130 valence electrons. The first-order valence-electron chi connectivity index (χ1n) is 7.96. The first kappa shape index (κ1) is 18.3. The average Bonchev–Trinajstić information content (AvgIpc) is 2.50. The van der Waals surface area contributed by atoms with Crippen LogP contribution in [0.3, 0.4) is 0 Å². The second-order valence-corrected chi connectivity index (χ2v) is 8.58. The molecule has 2 atom stereocenters. The van der Waals surface area contributed by atoms with Crippen LogP contribution in [0.4, 0.5) is 5.69 Å². The van der Waals surface area contributed by atoms with E-state index in [1.165, 1.54) is 6.07 Å². The number of rotatable bonds is 4. The van der Waals surface area contributed by atoms with Crippen molar-refractivity contribution in [3.8, 4) is 6.07 Å². The minimum Gasteiger partial charge on any atom is -0.341 e.